The van der Waals surface area contributed by atoms with Crippen LogP contribution in [0.1, 0.15) is 16.8 Å². The fourth-order valence-corrected chi connectivity index (χ4v) is 3.85. The van der Waals surface area contributed by atoms with E-state index in [0.29, 0.717) is 39.4 Å². The number of pyridine rings is 1. The van der Waals surface area contributed by atoms with Crippen molar-refractivity contribution >= 4 is 17.4 Å². The summed E-state index contributed by atoms with van der Waals surface area (Å²) in [5.41, 5.74) is 14.3. The highest BCUT2D eigenvalue weighted by Crippen LogP contribution is 2.39. The molecule has 0 saturated carbocycles. The van der Waals surface area contributed by atoms with Gasteiger partial charge in [0.2, 0.25) is 0 Å². The summed E-state index contributed by atoms with van der Waals surface area (Å²) in [6.45, 7) is 1.86. The highest BCUT2D eigenvalue weighted by Gasteiger charge is 2.33. The van der Waals surface area contributed by atoms with Gasteiger partial charge in [-0.05, 0) is 25.1 Å². The Morgan fingerprint density at radius 1 is 1.12 bits per heavy atom. The maximum Gasteiger partial charge on any atom is 0.166 e. The molecule has 0 spiro atoms. The molecule has 5 rings (SSSR count). The van der Waals surface area contributed by atoms with Gasteiger partial charge in [-0.3, -0.25) is 5.73 Å². The van der Waals surface area contributed by atoms with Crippen molar-refractivity contribution in [2.24, 2.45) is 16.5 Å². The molecule has 166 valence electrons. The molecular formula is C24H22FN7O. The third-order valence-corrected chi connectivity index (χ3v) is 5.47. The van der Waals surface area contributed by atoms with E-state index in [-0.39, 0.29) is 12.4 Å². The van der Waals surface area contributed by atoms with E-state index in [9.17, 15) is 4.39 Å². The van der Waals surface area contributed by atoms with Crippen LogP contribution in [0.3, 0.4) is 0 Å². The molecule has 0 radical (unpaired) electrons. The molecule has 0 fully saturated rings. The number of hydrogen-bond donors (Lipinski definition) is 3. The smallest absolute Gasteiger partial charge is 0.166 e. The SMILES string of the molecule is Cc1nn(-c2ccccc2)c2ncc(C3(N)C=C(N)NC=N3)c(OCc3ccccc3F)c12. The minimum Gasteiger partial charge on any atom is -0.487 e. The summed E-state index contributed by atoms with van der Waals surface area (Å²) >= 11 is 0. The zero-order chi connectivity index (χ0) is 23.0. The lowest BCUT2D eigenvalue weighted by atomic mass is 9.98. The third-order valence-electron chi connectivity index (χ3n) is 5.47. The van der Waals surface area contributed by atoms with Gasteiger partial charge < -0.3 is 15.8 Å². The van der Waals surface area contributed by atoms with Crippen molar-refractivity contribution < 1.29 is 9.13 Å². The number of para-hydroxylation sites is 1. The van der Waals surface area contributed by atoms with Crippen LogP contribution in [-0.2, 0) is 12.3 Å². The molecule has 0 amide bonds. The number of nitrogens with two attached hydrogens (primary N) is 2. The molecule has 2 aromatic carbocycles. The van der Waals surface area contributed by atoms with Crippen LogP contribution in [0.25, 0.3) is 16.7 Å². The number of fused-ring (bicyclic) bond motifs is 1. The molecule has 1 unspecified atom stereocenters. The molecule has 9 heteroatoms. The Hall–Kier alpha value is -4.24. The van der Waals surface area contributed by atoms with Crippen molar-refractivity contribution in [1.82, 2.24) is 20.1 Å². The molecule has 0 bridgehead atoms. The van der Waals surface area contributed by atoms with Gasteiger partial charge >= 0.3 is 0 Å². The van der Waals surface area contributed by atoms with Gasteiger partial charge in [-0.15, -0.1) is 0 Å². The van der Waals surface area contributed by atoms with Crippen LogP contribution in [0.2, 0.25) is 0 Å². The van der Waals surface area contributed by atoms with Crippen molar-refractivity contribution in [2.75, 3.05) is 0 Å². The molecule has 5 N–H and O–H groups in total. The first-order valence-electron chi connectivity index (χ1n) is 10.3. The van der Waals surface area contributed by atoms with Crippen LogP contribution in [0.15, 0.2) is 77.7 Å². The zero-order valence-electron chi connectivity index (χ0n) is 17.9. The topological polar surface area (TPSA) is 116 Å². The van der Waals surface area contributed by atoms with Gasteiger partial charge in [0.05, 0.1) is 28.7 Å². The van der Waals surface area contributed by atoms with Gasteiger partial charge in [-0.1, -0.05) is 36.4 Å². The Bertz CT molecular complexity index is 1400. The van der Waals surface area contributed by atoms with Crippen molar-refractivity contribution in [1.29, 1.82) is 0 Å². The lowest BCUT2D eigenvalue weighted by Gasteiger charge is -2.27. The fourth-order valence-electron chi connectivity index (χ4n) is 3.85. The highest BCUT2D eigenvalue weighted by molar-refractivity contribution is 5.88. The van der Waals surface area contributed by atoms with Crippen LogP contribution in [0.5, 0.6) is 5.75 Å². The number of aryl methyl sites for hydroxylation is 1. The summed E-state index contributed by atoms with van der Waals surface area (Å²) in [5.74, 6) is 0.422. The first-order chi connectivity index (χ1) is 16.0. The summed E-state index contributed by atoms with van der Waals surface area (Å²) in [7, 11) is 0. The quantitative estimate of drug-likeness (QED) is 0.437. The molecule has 4 aromatic rings. The van der Waals surface area contributed by atoms with Crippen LogP contribution >= 0.6 is 0 Å². The Morgan fingerprint density at radius 2 is 1.88 bits per heavy atom. The lowest BCUT2D eigenvalue weighted by molar-refractivity contribution is 0.295. The van der Waals surface area contributed by atoms with Crippen molar-refractivity contribution in [3.63, 3.8) is 0 Å². The summed E-state index contributed by atoms with van der Waals surface area (Å²) in [6, 6.07) is 16.1. The number of aromatic nitrogens is 3. The zero-order valence-corrected chi connectivity index (χ0v) is 17.9. The first kappa shape index (κ1) is 20.7. The average molecular weight is 443 g/mol. The molecule has 8 nitrogen and oxygen atoms in total. The van der Waals surface area contributed by atoms with Gasteiger partial charge in [0.15, 0.2) is 11.3 Å². The first-order valence-corrected chi connectivity index (χ1v) is 10.3. The van der Waals surface area contributed by atoms with E-state index in [0.717, 1.165) is 5.69 Å². The Labute approximate surface area is 189 Å². The van der Waals surface area contributed by atoms with Crippen molar-refractivity contribution in [3.05, 3.63) is 95.3 Å². The predicted molar refractivity (Wildman–Crippen MR) is 124 cm³/mol. The Kier molecular flexibility index (Phi) is 5.02. The van der Waals surface area contributed by atoms with Crippen molar-refractivity contribution in [2.45, 2.75) is 19.2 Å². The molecule has 0 saturated heterocycles. The monoisotopic (exact) mass is 443 g/mol. The molecule has 0 aliphatic carbocycles. The van der Waals surface area contributed by atoms with Gasteiger partial charge in [0, 0.05) is 17.8 Å². The van der Waals surface area contributed by atoms with Crippen LogP contribution in [0, 0.1) is 12.7 Å². The van der Waals surface area contributed by atoms with Crippen LogP contribution < -0.4 is 21.5 Å². The van der Waals surface area contributed by atoms with E-state index in [1.807, 2.05) is 37.3 Å². The number of hydrogen-bond acceptors (Lipinski definition) is 7. The molecule has 2 aromatic heterocycles. The number of halogens is 1. The molecule has 1 aliphatic rings. The largest absolute Gasteiger partial charge is 0.487 e. The summed E-state index contributed by atoms with van der Waals surface area (Å²) < 4.78 is 22.3. The number of benzene rings is 2. The predicted octanol–water partition coefficient (Wildman–Crippen LogP) is 2.99. The van der Waals surface area contributed by atoms with E-state index < -0.39 is 5.66 Å². The molecular weight excluding hydrogens is 421 g/mol. The highest BCUT2D eigenvalue weighted by atomic mass is 19.1. The second-order valence-corrected chi connectivity index (χ2v) is 7.74. The fraction of sp³-hybridized carbons (Fsp3) is 0.125. The Balaban J connectivity index is 1.70. The standard InChI is InChI=1S/C24H22FN7O/c1-15-21-22(33-13-16-7-5-6-10-19(16)25)18(24(27)11-20(26)29-14-30-24)12-28-23(21)32(31-15)17-8-3-2-4-9-17/h2-12,14H,13,26-27H2,1H3,(H,29,30). The summed E-state index contributed by atoms with van der Waals surface area (Å²) in [5, 5.41) is 8.16. The summed E-state index contributed by atoms with van der Waals surface area (Å²) in [4.78, 5) is 9.04. The lowest BCUT2D eigenvalue weighted by Crippen LogP contribution is -2.40. The number of aliphatic imine (C=N–C) groups is 1. The number of rotatable bonds is 5. The second kappa shape index (κ2) is 8.03. The maximum absolute atomic E-state index is 14.3. The molecule has 1 atom stereocenters. The number of nitrogens with zero attached hydrogens (tertiary/aromatic N) is 4. The summed E-state index contributed by atoms with van der Waals surface area (Å²) in [6.07, 6.45) is 4.62. The Morgan fingerprint density at radius 3 is 2.64 bits per heavy atom. The number of nitrogens with one attached hydrogen (secondary N) is 1. The van der Waals surface area contributed by atoms with Gasteiger partial charge in [-0.25, -0.2) is 19.0 Å². The van der Waals surface area contributed by atoms with E-state index in [4.69, 9.17) is 16.2 Å². The minimum absolute atomic E-state index is 0.00795. The van der Waals surface area contributed by atoms with E-state index in [2.05, 4.69) is 20.4 Å². The van der Waals surface area contributed by atoms with Gasteiger partial charge in [0.1, 0.15) is 24.0 Å². The number of ether oxygens (including phenoxy) is 1. The maximum atomic E-state index is 14.3. The van der Waals surface area contributed by atoms with E-state index >= 15 is 0 Å². The second-order valence-electron chi connectivity index (χ2n) is 7.74. The molecule has 3 heterocycles. The normalized spacial score (nSPS) is 17.6. The minimum atomic E-state index is -1.32. The average Bonchev–Trinajstić information content (AvgIpc) is 3.15. The van der Waals surface area contributed by atoms with Gasteiger partial charge in [0.25, 0.3) is 0 Å². The molecule has 33 heavy (non-hydrogen) atoms. The van der Waals surface area contributed by atoms with E-state index in [1.165, 1.54) is 12.4 Å². The third kappa shape index (κ3) is 3.68. The van der Waals surface area contributed by atoms with Crippen molar-refractivity contribution in [3.8, 4) is 11.4 Å². The van der Waals surface area contributed by atoms with E-state index in [1.54, 1.807) is 35.2 Å². The van der Waals surface area contributed by atoms with Crippen LogP contribution in [-0.4, -0.2) is 21.1 Å². The van der Waals surface area contributed by atoms with Crippen LogP contribution in [0.4, 0.5) is 4.39 Å². The van der Waals surface area contributed by atoms with Gasteiger partial charge in [-0.2, -0.15) is 5.10 Å². The molecule has 1 aliphatic heterocycles.